The number of carbonyl (C=O) groups excluding carboxylic acids is 1. The van der Waals surface area contributed by atoms with Gasteiger partial charge in [0.1, 0.15) is 0 Å². The van der Waals surface area contributed by atoms with Crippen molar-refractivity contribution in [3.63, 3.8) is 0 Å². The van der Waals surface area contributed by atoms with Gasteiger partial charge in [-0.2, -0.15) is 0 Å². The zero-order chi connectivity index (χ0) is 19.0. The quantitative estimate of drug-likeness (QED) is 0.801. The Morgan fingerprint density at radius 2 is 1.85 bits per heavy atom. The van der Waals surface area contributed by atoms with E-state index in [0.29, 0.717) is 11.8 Å². The predicted molar refractivity (Wildman–Crippen MR) is 110 cm³/mol. The third-order valence-corrected chi connectivity index (χ3v) is 6.15. The lowest BCUT2D eigenvalue weighted by Gasteiger charge is -2.37. The third kappa shape index (κ3) is 3.88. The van der Waals surface area contributed by atoms with Gasteiger partial charge in [-0.3, -0.25) is 9.59 Å². The summed E-state index contributed by atoms with van der Waals surface area (Å²) < 4.78 is 0. The van der Waals surface area contributed by atoms with Crippen molar-refractivity contribution < 1.29 is 4.79 Å². The van der Waals surface area contributed by atoms with Gasteiger partial charge >= 0.3 is 0 Å². The number of carbonyl (C=O) groups is 1. The van der Waals surface area contributed by atoms with E-state index < -0.39 is 0 Å². The van der Waals surface area contributed by atoms with Crippen molar-refractivity contribution in [1.29, 1.82) is 0 Å². The third-order valence-electron chi connectivity index (χ3n) is 5.41. The number of nitrogens with zero attached hydrogens (tertiary/aromatic N) is 1. The molecule has 1 aromatic heterocycles. The van der Waals surface area contributed by atoms with E-state index in [1.54, 1.807) is 18.7 Å². The molecule has 1 aliphatic carbocycles. The second kappa shape index (κ2) is 7.39. The van der Waals surface area contributed by atoms with Crippen LogP contribution in [0.3, 0.4) is 0 Å². The first kappa shape index (κ1) is 18.1. The Morgan fingerprint density at radius 3 is 2.41 bits per heavy atom. The summed E-state index contributed by atoms with van der Waals surface area (Å²) in [6.07, 6.45) is 6.49. The summed E-state index contributed by atoms with van der Waals surface area (Å²) in [4.78, 5) is 30.2. The summed E-state index contributed by atoms with van der Waals surface area (Å²) >= 11 is 1.71. The molecule has 4 rings (SSSR count). The van der Waals surface area contributed by atoms with Crippen molar-refractivity contribution in [2.45, 2.75) is 30.6 Å². The molecule has 27 heavy (non-hydrogen) atoms. The summed E-state index contributed by atoms with van der Waals surface area (Å²) in [6, 6.07) is 12.4. The fraction of sp³-hybridized carbons (Fsp3) is 0.364. The van der Waals surface area contributed by atoms with E-state index >= 15 is 0 Å². The topological polar surface area (TPSA) is 53.2 Å². The van der Waals surface area contributed by atoms with Crippen LogP contribution in [0.2, 0.25) is 0 Å². The smallest absolute Gasteiger partial charge is 0.251 e. The molecule has 1 saturated carbocycles. The average molecular weight is 381 g/mol. The van der Waals surface area contributed by atoms with Crippen LogP contribution in [0, 0.1) is 5.92 Å². The highest BCUT2D eigenvalue weighted by atomic mass is 32.2. The summed E-state index contributed by atoms with van der Waals surface area (Å²) in [5.74, 6) is 0.871. The molecule has 0 atom stereocenters. The van der Waals surface area contributed by atoms with Crippen molar-refractivity contribution in [1.82, 2.24) is 9.88 Å². The first-order chi connectivity index (χ1) is 13.0. The molecule has 0 radical (unpaired) electrons. The van der Waals surface area contributed by atoms with Crippen LogP contribution in [0.5, 0.6) is 0 Å². The highest BCUT2D eigenvalue weighted by Crippen LogP contribution is 2.38. The van der Waals surface area contributed by atoms with Gasteiger partial charge in [0, 0.05) is 47.7 Å². The molecular weight excluding hydrogens is 356 g/mol. The summed E-state index contributed by atoms with van der Waals surface area (Å²) in [5.41, 5.74) is 3.91. The molecule has 2 aromatic rings. The van der Waals surface area contributed by atoms with Gasteiger partial charge in [-0.25, -0.2) is 0 Å². The molecule has 2 heterocycles. The monoisotopic (exact) mass is 380 g/mol. The van der Waals surface area contributed by atoms with Crippen molar-refractivity contribution >= 4 is 23.2 Å². The van der Waals surface area contributed by atoms with Crippen molar-refractivity contribution in [3.05, 3.63) is 69.6 Å². The van der Waals surface area contributed by atoms with Gasteiger partial charge < -0.3 is 9.88 Å². The standard InChI is InChI=1S/C22H24N2O2S/c1-14(25)24-12-15(13-24)11-20(17-5-7-18(27-2)8-6-17)21-10-9-19(16-3-4-16)22(26)23-21/h5-11,15-16H,3-4,12-13H2,1-2H3,(H,23,26)/b20-11+. The number of nitrogens with one attached hydrogen (secondary N) is 1. The van der Waals surface area contributed by atoms with Gasteiger partial charge in [0.25, 0.3) is 5.56 Å². The molecule has 2 aliphatic rings. The molecule has 1 N–H and O–H groups in total. The van der Waals surface area contributed by atoms with Crippen LogP contribution in [-0.4, -0.2) is 35.1 Å². The maximum atomic E-state index is 12.5. The number of amides is 1. The van der Waals surface area contributed by atoms with Crippen molar-refractivity contribution in [2.24, 2.45) is 5.92 Å². The number of pyridine rings is 1. The van der Waals surface area contributed by atoms with Crippen LogP contribution in [0.15, 0.2) is 52.2 Å². The fourth-order valence-electron chi connectivity index (χ4n) is 3.58. The first-order valence-electron chi connectivity index (χ1n) is 9.40. The Bertz CT molecular complexity index is 936. The highest BCUT2D eigenvalue weighted by Gasteiger charge is 2.28. The van der Waals surface area contributed by atoms with Crippen molar-refractivity contribution in [3.8, 4) is 0 Å². The van der Waals surface area contributed by atoms with Gasteiger partial charge in [0.05, 0.1) is 0 Å². The van der Waals surface area contributed by atoms with Crippen LogP contribution < -0.4 is 5.56 Å². The minimum atomic E-state index is 0.0283. The molecule has 5 heteroatoms. The van der Waals surface area contributed by atoms with Crippen molar-refractivity contribution in [2.75, 3.05) is 19.3 Å². The minimum absolute atomic E-state index is 0.0283. The Morgan fingerprint density at radius 1 is 1.15 bits per heavy atom. The molecule has 1 amide bonds. The molecule has 4 nitrogen and oxygen atoms in total. The van der Waals surface area contributed by atoms with E-state index in [-0.39, 0.29) is 11.5 Å². The van der Waals surface area contributed by atoms with E-state index in [9.17, 15) is 9.59 Å². The van der Waals surface area contributed by atoms with Crippen LogP contribution in [-0.2, 0) is 4.79 Å². The molecule has 0 spiro atoms. The van der Waals surface area contributed by atoms with Gasteiger partial charge in [-0.1, -0.05) is 24.3 Å². The second-order valence-corrected chi connectivity index (χ2v) is 8.30. The van der Waals surface area contributed by atoms with Crippen LogP contribution >= 0.6 is 11.8 Å². The molecule has 1 aromatic carbocycles. The molecule has 1 aliphatic heterocycles. The number of hydrogen-bond donors (Lipinski definition) is 1. The van der Waals surface area contributed by atoms with Gasteiger partial charge in [-0.05, 0) is 48.8 Å². The molecule has 2 fully saturated rings. The number of hydrogen-bond acceptors (Lipinski definition) is 3. The SMILES string of the molecule is CSc1ccc(/C(=C\C2CN(C(C)=O)C2)c2ccc(C3CC3)c(=O)[nH]2)cc1. The van der Waals surface area contributed by atoms with Crippen LogP contribution in [0.25, 0.3) is 5.57 Å². The Labute approximate surface area is 163 Å². The maximum Gasteiger partial charge on any atom is 0.251 e. The lowest BCUT2D eigenvalue weighted by molar-refractivity contribution is -0.133. The molecule has 0 bridgehead atoms. The van der Waals surface area contributed by atoms with Gasteiger partial charge in [-0.15, -0.1) is 11.8 Å². The van der Waals surface area contributed by atoms with Gasteiger partial charge in [0.2, 0.25) is 5.91 Å². The summed E-state index contributed by atoms with van der Waals surface area (Å²) in [5, 5.41) is 0. The Hall–Kier alpha value is -2.27. The predicted octanol–water partition coefficient (Wildman–Crippen LogP) is 3.88. The Kier molecular flexibility index (Phi) is 4.96. The minimum Gasteiger partial charge on any atom is -0.342 e. The second-order valence-electron chi connectivity index (χ2n) is 7.42. The van der Waals surface area contributed by atoms with Crippen LogP contribution in [0.4, 0.5) is 0 Å². The average Bonchev–Trinajstić information content (AvgIpc) is 3.45. The highest BCUT2D eigenvalue weighted by molar-refractivity contribution is 7.98. The summed E-state index contributed by atoms with van der Waals surface area (Å²) in [7, 11) is 0. The number of aromatic amines is 1. The van der Waals surface area contributed by atoms with Gasteiger partial charge in [0.15, 0.2) is 0 Å². The zero-order valence-corrected chi connectivity index (χ0v) is 16.5. The molecule has 1 saturated heterocycles. The zero-order valence-electron chi connectivity index (χ0n) is 15.7. The first-order valence-corrected chi connectivity index (χ1v) is 10.6. The number of thioether (sulfide) groups is 1. The largest absolute Gasteiger partial charge is 0.342 e. The number of H-pyrrole nitrogens is 1. The number of rotatable bonds is 5. The maximum absolute atomic E-state index is 12.5. The van der Waals surface area contributed by atoms with E-state index in [0.717, 1.165) is 48.3 Å². The number of benzene rings is 1. The number of aromatic nitrogens is 1. The molecular formula is C22H24N2O2S. The van der Waals surface area contributed by atoms with E-state index in [2.05, 4.69) is 41.6 Å². The lowest BCUT2D eigenvalue weighted by atomic mass is 9.92. The normalized spacial score (nSPS) is 17.7. The molecule has 140 valence electrons. The van der Waals surface area contributed by atoms with Crippen LogP contribution in [0.1, 0.15) is 42.5 Å². The lowest BCUT2D eigenvalue weighted by Crippen LogP contribution is -2.48. The number of likely N-dealkylation sites (tertiary alicyclic amines) is 1. The van der Waals surface area contributed by atoms with E-state index in [1.807, 2.05) is 17.0 Å². The Balaban J connectivity index is 1.68. The summed E-state index contributed by atoms with van der Waals surface area (Å²) in [6.45, 7) is 3.09. The molecule has 0 unspecified atom stereocenters. The fourth-order valence-corrected chi connectivity index (χ4v) is 3.99. The van der Waals surface area contributed by atoms with E-state index in [1.165, 1.54) is 4.90 Å². The van der Waals surface area contributed by atoms with E-state index in [4.69, 9.17) is 0 Å².